The van der Waals surface area contributed by atoms with Crippen LogP contribution in [0.25, 0.3) is 0 Å². The Morgan fingerprint density at radius 1 is 0.429 bits per heavy atom. The van der Waals surface area contributed by atoms with E-state index in [0.717, 1.165) is 0 Å². The van der Waals surface area contributed by atoms with E-state index in [0.29, 0.717) is 0 Å². The fourth-order valence-electron chi connectivity index (χ4n) is 0. The van der Waals surface area contributed by atoms with Crippen LogP contribution in [0.3, 0.4) is 0 Å². The van der Waals surface area contributed by atoms with E-state index < -0.39 is 0 Å². The van der Waals surface area contributed by atoms with Gasteiger partial charge in [0.1, 0.15) is 0 Å². The van der Waals surface area contributed by atoms with Gasteiger partial charge in [-0.2, -0.15) is 0 Å². The lowest BCUT2D eigenvalue weighted by Crippen LogP contribution is -0.381. The van der Waals surface area contributed by atoms with Crippen molar-refractivity contribution in [3.05, 3.63) is 0 Å². The average molecular weight is 128 g/mol. The molecular weight excluding hydrogens is 116 g/mol. The minimum atomic E-state index is 0. The first-order chi connectivity index (χ1) is 0. The van der Waals surface area contributed by atoms with Crippen LogP contribution in [-0.2, 0) is 0 Å². The Balaban J connectivity index is 0. The molecule has 6 N–H and O–H groups in total. The number of halogens is 3. The molecule has 0 saturated heterocycles. The zero-order valence-corrected chi connectivity index (χ0v) is 2.72. The van der Waals surface area contributed by atoms with Gasteiger partial charge in [-0.05, 0) is 0 Å². The molecule has 0 aromatic carbocycles. The molecule has 0 aliphatic rings. The third kappa shape index (κ3) is 1140. The lowest BCUT2D eigenvalue weighted by Gasteiger charge is -0.413. The minimum absolute atomic E-state index is 0. The van der Waals surface area contributed by atoms with Gasteiger partial charge >= 0.3 is 0 Å². The van der Waals surface area contributed by atoms with Crippen LogP contribution in [0.4, 0.5) is 14.1 Å². The summed E-state index contributed by atoms with van der Waals surface area (Å²) in [7, 11) is 0. The van der Waals surface area contributed by atoms with E-state index in [1.807, 2.05) is 0 Å². The minimum Gasteiger partial charge on any atom is -0.412 e. The van der Waals surface area contributed by atoms with Crippen molar-refractivity contribution in [3.8, 4) is 0 Å². The van der Waals surface area contributed by atoms with Gasteiger partial charge in [-0.25, -0.2) is 0 Å². The number of hydrogen-bond acceptors (Lipinski definition) is 0. The first-order valence-electron chi connectivity index (χ1n) is 0. The van der Waals surface area contributed by atoms with E-state index in [1.54, 1.807) is 0 Å². The third-order valence-corrected chi connectivity index (χ3v) is 0. The topological polar surface area (TPSA) is 94.5 Å². The standard InChI is InChI=1S/BH3.3FH.3H2O/h1H3;3*1H;3*1H2. The largest absolute Gasteiger partial charge is 0.412 e. The fraction of sp³-hybridized carbons (Fsp3) is 0. The van der Waals surface area contributed by atoms with Gasteiger partial charge in [0.25, 0.3) is 0 Å². The van der Waals surface area contributed by atoms with Crippen LogP contribution in [0.15, 0.2) is 0 Å². The molecule has 0 spiro atoms. The first kappa shape index (κ1) is 3150. The van der Waals surface area contributed by atoms with Crippen molar-refractivity contribution in [2.24, 2.45) is 0 Å². The second kappa shape index (κ2) is 1830. The molecule has 0 saturated carbocycles. The van der Waals surface area contributed by atoms with Crippen molar-refractivity contribution in [1.82, 2.24) is 0 Å². The summed E-state index contributed by atoms with van der Waals surface area (Å²) in [5, 5.41) is 0. The van der Waals surface area contributed by atoms with E-state index in [-0.39, 0.29) is 39.0 Å². The van der Waals surface area contributed by atoms with Crippen molar-refractivity contribution in [3.63, 3.8) is 0 Å². The van der Waals surface area contributed by atoms with Crippen molar-refractivity contribution >= 4 is 8.41 Å². The van der Waals surface area contributed by atoms with Gasteiger partial charge in [-0.15, -0.1) is 0 Å². The molecule has 0 radical (unpaired) electrons. The van der Waals surface area contributed by atoms with E-state index in [9.17, 15) is 0 Å². The van der Waals surface area contributed by atoms with Crippen LogP contribution in [0.2, 0.25) is 0 Å². The number of rotatable bonds is 0. The zero-order valence-electron chi connectivity index (χ0n) is 2.72. The molecular formula is H12BF3O3. The van der Waals surface area contributed by atoms with Gasteiger partial charge in [-0.3, -0.25) is 14.1 Å². The molecule has 3 nitrogen and oxygen atoms in total. The monoisotopic (exact) mass is 128 g/mol. The molecule has 0 aliphatic heterocycles. The predicted octanol–water partition coefficient (Wildman–Crippen LogP) is -3.20. The summed E-state index contributed by atoms with van der Waals surface area (Å²) in [6.45, 7) is 0. The molecule has 0 unspecified atom stereocenters. The second-order valence-corrected chi connectivity index (χ2v) is 0. The maximum atomic E-state index is 0. The molecule has 0 bridgehead atoms. The Labute approximate surface area is 40.3 Å². The highest BCUT2D eigenvalue weighted by atomic mass is 19.0. The Hall–Kier alpha value is -0.265. The van der Waals surface area contributed by atoms with Gasteiger partial charge in [0.2, 0.25) is 0 Å². The lowest BCUT2D eigenvalue weighted by atomic mass is 10.8. The van der Waals surface area contributed by atoms with E-state index in [2.05, 4.69) is 0 Å². The molecule has 7 heavy (non-hydrogen) atoms. The molecule has 0 heterocycles. The van der Waals surface area contributed by atoms with Crippen molar-refractivity contribution in [2.75, 3.05) is 0 Å². The Morgan fingerprint density at radius 3 is 0.429 bits per heavy atom. The van der Waals surface area contributed by atoms with Gasteiger partial charge in [-0.1, -0.05) is 0 Å². The van der Waals surface area contributed by atoms with E-state index in [4.69, 9.17) is 0 Å². The second-order valence-electron chi connectivity index (χ2n) is 0. The van der Waals surface area contributed by atoms with Gasteiger partial charge < -0.3 is 16.4 Å². The predicted molar refractivity (Wildman–Crippen MR) is 28.3 cm³/mol. The summed E-state index contributed by atoms with van der Waals surface area (Å²) in [4.78, 5) is 0. The van der Waals surface area contributed by atoms with Crippen molar-refractivity contribution < 1.29 is 30.5 Å². The summed E-state index contributed by atoms with van der Waals surface area (Å²) >= 11 is 0. The third-order valence-electron chi connectivity index (χ3n) is 0. The SMILES string of the molecule is B.F.F.F.O.O.O. The zero-order chi connectivity index (χ0) is 0. The van der Waals surface area contributed by atoms with Crippen molar-refractivity contribution in [2.45, 2.75) is 0 Å². The molecule has 0 aromatic rings. The van der Waals surface area contributed by atoms with Crippen LogP contribution in [0.5, 0.6) is 0 Å². The normalized spacial score (nSPS) is 0. The highest BCUT2D eigenvalue weighted by Gasteiger charge is 0.0814. The van der Waals surface area contributed by atoms with Gasteiger partial charge in [0.05, 0.1) is 8.41 Å². The molecule has 0 rings (SSSR count). The summed E-state index contributed by atoms with van der Waals surface area (Å²) in [5.41, 5.74) is 0. The van der Waals surface area contributed by atoms with Crippen LogP contribution >= 0.6 is 0 Å². The summed E-state index contributed by atoms with van der Waals surface area (Å²) in [5.74, 6) is 0. The summed E-state index contributed by atoms with van der Waals surface area (Å²) in [6, 6.07) is 0. The maximum Gasteiger partial charge on any atom is 0.0814 e. The van der Waals surface area contributed by atoms with Crippen molar-refractivity contribution in [1.29, 1.82) is 0 Å². The number of hydrogen-bond donors (Lipinski definition) is 0. The highest BCUT2D eigenvalue weighted by Crippen LogP contribution is 0.422. The summed E-state index contributed by atoms with van der Waals surface area (Å²) < 4.78 is 0. The van der Waals surface area contributed by atoms with Crippen LogP contribution in [0, 0.1) is 0 Å². The highest BCUT2D eigenvalue weighted by molar-refractivity contribution is 5.75. The molecule has 0 fully saturated rings. The van der Waals surface area contributed by atoms with E-state index in [1.165, 1.54) is 0 Å². The average Bonchev–Trinajstić information content (AvgIpc) is 0. The summed E-state index contributed by atoms with van der Waals surface area (Å²) in [6.07, 6.45) is 0. The first-order valence-corrected chi connectivity index (χ1v) is 0. The quantitative estimate of drug-likeness (QED) is 0.307. The Morgan fingerprint density at radius 2 is 0.429 bits per heavy atom. The Kier molecular flexibility index (Phi) is 824000. The molecule has 0 aliphatic carbocycles. The fourth-order valence-corrected chi connectivity index (χ4v) is 0. The lowest BCUT2D eigenvalue weighted by molar-refractivity contribution is 0.823. The molecule has 0 atom stereocenters. The maximum absolute atomic E-state index is 0. The van der Waals surface area contributed by atoms with Gasteiger partial charge in [0, 0.05) is 0 Å². The van der Waals surface area contributed by atoms with Gasteiger partial charge in [0.15, 0.2) is 0 Å². The Bertz CT molecular complexity index is 10.1. The van der Waals surface area contributed by atoms with Crippen LogP contribution in [-0.4, -0.2) is 24.8 Å². The smallest absolute Gasteiger partial charge is 0.0814 e. The van der Waals surface area contributed by atoms with E-state index >= 15 is 0 Å². The molecule has 0 aromatic heterocycles. The molecule has 7 heteroatoms. The van der Waals surface area contributed by atoms with Crippen LogP contribution in [0.1, 0.15) is 0 Å². The molecule has 54 valence electrons. The van der Waals surface area contributed by atoms with Crippen LogP contribution < -0.4 is 0 Å². The molecule has 0 amide bonds.